The zero-order valence-corrected chi connectivity index (χ0v) is 12.7. The number of nitrogens with one attached hydrogen (secondary N) is 1. The number of carbonyl (C=O) groups excluding carboxylic acids is 2. The molecule has 3 N–H and O–H groups in total. The molecule has 1 amide bonds. The van der Waals surface area contributed by atoms with Crippen molar-refractivity contribution in [2.45, 2.75) is 6.92 Å². The summed E-state index contributed by atoms with van der Waals surface area (Å²) < 4.78 is 4.95. The average Bonchev–Trinajstić information content (AvgIpc) is 2.49. The van der Waals surface area contributed by atoms with E-state index in [1.54, 1.807) is 30.3 Å². The van der Waals surface area contributed by atoms with Gasteiger partial charge in [0.15, 0.2) is 6.61 Å². The van der Waals surface area contributed by atoms with Crippen molar-refractivity contribution in [1.82, 2.24) is 0 Å². The monoisotopic (exact) mass is 318 g/mol. The summed E-state index contributed by atoms with van der Waals surface area (Å²) in [6.45, 7) is 1.46. The molecule has 5 nitrogen and oxygen atoms in total. The van der Waals surface area contributed by atoms with Crippen LogP contribution in [0.25, 0.3) is 0 Å². The lowest BCUT2D eigenvalue weighted by Gasteiger charge is -2.09. The average molecular weight is 319 g/mol. The van der Waals surface area contributed by atoms with Crippen molar-refractivity contribution in [3.63, 3.8) is 0 Å². The van der Waals surface area contributed by atoms with Crippen molar-refractivity contribution in [3.05, 3.63) is 58.6 Å². The van der Waals surface area contributed by atoms with Crippen LogP contribution in [0.3, 0.4) is 0 Å². The van der Waals surface area contributed by atoms with Gasteiger partial charge >= 0.3 is 5.97 Å². The van der Waals surface area contributed by atoms with Crippen LogP contribution in [0.1, 0.15) is 15.9 Å². The first-order valence-electron chi connectivity index (χ1n) is 6.54. The van der Waals surface area contributed by atoms with E-state index >= 15 is 0 Å². The molecular weight excluding hydrogens is 304 g/mol. The van der Waals surface area contributed by atoms with E-state index < -0.39 is 11.9 Å². The van der Waals surface area contributed by atoms with Gasteiger partial charge in [-0.1, -0.05) is 17.7 Å². The summed E-state index contributed by atoms with van der Waals surface area (Å²) in [5, 5.41) is 3.16. The maximum atomic E-state index is 11.8. The summed E-state index contributed by atoms with van der Waals surface area (Å²) in [5.74, 6) is -1.02. The van der Waals surface area contributed by atoms with E-state index in [9.17, 15) is 9.59 Å². The van der Waals surface area contributed by atoms with Crippen LogP contribution in [0.15, 0.2) is 42.5 Å². The number of rotatable bonds is 4. The highest BCUT2D eigenvalue weighted by Gasteiger charge is 2.11. The molecule has 0 bridgehead atoms. The number of amides is 1. The third kappa shape index (κ3) is 4.23. The van der Waals surface area contributed by atoms with E-state index in [2.05, 4.69) is 5.32 Å². The number of esters is 1. The molecule has 6 heteroatoms. The van der Waals surface area contributed by atoms with E-state index in [1.807, 2.05) is 6.92 Å². The quantitative estimate of drug-likeness (QED) is 0.670. The van der Waals surface area contributed by atoms with Gasteiger partial charge in [0, 0.05) is 16.4 Å². The fraction of sp³-hybridized carbons (Fsp3) is 0.125. The van der Waals surface area contributed by atoms with Crippen molar-refractivity contribution in [1.29, 1.82) is 0 Å². The van der Waals surface area contributed by atoms with E-state index in [1.165, 1.54) is 12.1 Å². The first-order chi connectivity index (χ1) is 10.5. The Kier molecular flexibility index (Phi) is 5.01. The molecule has 2 rings (SSSR count). The standard InChI is InChI=1S/C16H15ClN2O3/c1-10-2-5-12(17)8-14(10)19-15(20)9-22-16(21)11-3-6-13(18)7-4-11/h2-8H,9,18H2,1H3,(H,19,20). The fourth-order valence-electron chi connectivity index (χ4n) is 1.75. The normalized spacial score (nSPS) is 10.1. The van der Waals surface area contributed by atoms with Gasteiger partial charge < -0.3 is 15.8 Å². The third-order valence-corrected chi connectivity index (χ3v) is 3.19. The molecule has 0 radical (unpaired) electrons. The predicted molar refractivity (Wildman–Crippen MR) is 86.0 cm³/mol. The Hall–Kier alpha value is -2.53. The second kappa shape index (κ2) is 6.95. The van der Waals surface area contributed by atoms with Crippen LogP contribution in [-0.4, -0.2) is 18.5 Å². The summed E-state index contributed by atoms with van der Waals surface area (Å²) in [5.41, 5.74) is 7.86. The number of nitrogen functional groups attached to an aromatic ring is 1. The number of hydrogen-bond donors (Lipinski definition) is 2. The molecule has 0 saturated carbocycles. The lowest BCUT2D eigenvalue weighted by atomic mass is 10.2. The summed E-state index contributed by atoms with van der Waals surface area (Å²) in [4.78, 5) is 23.6. The minimum Gasteiger partial charge on any atom is -0.452 e. The number of halogens is 1. The molecule has 0 saturated heterocycles. The lowest BCUT2D eigenvalue weighted by Crippen LogP contribution is -2.21. The minimum atomic E-state index is -0.585. The van der Waals surface area contributed by atoms with Crippen LogP contribution in [-0.2, 0) is 9.53 Å². The maximum Gasteiger partial charge on any atom is 0.338 e. The second-order valence-corrected chi connectivity index (χ2v) is 5.14. The molecule has 0 spiro atoms. The molecule has 0 heterocycles. The van der Waals surface area contributed by atoms with Crippen LogP contribution < -0.4 is 11.1 Å². The zero-order chi connectivity index (χ0) is 16.1. The van der Waals surface area contributed by atoms with Crippen molar-refractivity contribution >= 4 is 34.9 Å². The number of ether oxygens (including phenoxy) is 1. The Morgan fingerprint density at radius 2 is 1.86 bits per heavy atom. The fourth-order valence-corrected chi connectivity index (χ4v) is 1.92. The Bertz CT molecular complexity index is 699. The highest BCUT2D eigenvalue weighted by atomic mass is 35.5. The Labute approximate surface area is 133 Å². The van der Waals surface area contributed by atoms with Gasteiger partial charge in [-0.15, -0.1) is 0 Å². The lowest BCUT2D eigenvalue weighted by molar-refractivity contribution is -0.119. The Balaban J connectivity index is 1.91. The summed E-state index contributed by atoms with van der Waals surface area (Å²) in [7, 11) is 0. The Morgan fingerprint density at radius 1 is 1.18 bits per heavy atom. The molecule has 2 aromatic carbocycles. The van der Waals surface area contributed by atoms with Gasteiger partial charge in [-0.2, -0.15) is 0 Å². The highest BCUT2D eigenvalue weighted by Crippen LogP contribution is 2.20. The first-order valence-corrected chi connectivity index (χ1v) is 6.92. The van der Waals surface area contributed by atoms with E-state index in [4.69, 9.17) is 22.1 Å². The second-order valence-electron chi connectivity index (χ2n) is 4.71. The summed E-state index contributed by atoms with van der Waals surface area (Å²) in [6.07, 6.45) is 0. The Morgan fingerprint density at radius 3 is 2.55 bits per heavy atom. The molecular formula is C16H15ClN2O3. The minimum absolute atomic E-state index is 0.334. The van der Waals surface area contributed by atoms with Crippen molar-refractivity contribution in [2.24, 2.45) is 0 Å². The molecule has 2 aromatic rings. The van der Waals surface area contributed by atoms with Crippen LogP contribution in [0, 0.1) is 6.92 Å². The van der Waals surface area contributed by atoms with Gasteiger partial charge in [0.2, 0.25) is 0 Å². The number of nitrogens with two attached hydrogens (primary N) is 1. The van der Waals surface area contributed by atoms with E-state index in [-0.39, 0.29) is 6.61 Å². The van der Waals surface area contributed by atoms with Crippen molar-refractivity contribution in [2.75, 3.05) is 17.7 Å². The molecule has 0 aliphatic rings. The van der Waals surface area contributed by atoms with Crippen molar-refractivity contribution in [3.8, 4) is 0 Å². The predicted octanol–water partition coefficient (Wildman–Crippen LogP) is 3.03. The number of hydrogen-bond acceptors (Lipinski definition) is 4. The van der Waals surface area contributed by atoms with Gasteiger partial charge in [-0.3, -0.25) is 4.79 Å². The number of anilines is 2. The van der Waals surface area contributed by atoms with Gasteiger partial charge in [0.1, 0.15) is 0 Å². The van der Waals surface area contributed by atoms with E-state index in [0.29, 0.717) is 22.0 Å². The zero-order valence-electron chi connectivity index (χ0n) is 11.9. The number of carbonyl (C=O) groups is 2. The van der Waals surface area contributed by atoms with Crippen LogP contribution in [0.4, 0.5) is 11.4 Å². The number of aryl methyl sites for hydroxylation is 1. The molecule has 0 aliphatic heterocycles. The number of benzene rings is 2. The van der Waals surface area contributed by atoms with E-state index in [0.717, 1.165) is 5.56 Å². The van der Waals surface area contributed by atoms with Gasteiger partial charge in [-0.25, -0.2) is 4.79 Å². The topological polar surface area (TPSA) is 81.4 Å². The summed E-state index contributed by atoms with van der Waals surface area (Å²) in [6, 6.07) is 11.4. The SMILES string of the molecule is Cc1ccc(Cl)cc1NC(=O)COC(=O)c1ccc(N)cc1. The molecule has 0 aliphatic carbocycles. The smallest absolute Gasteiger partial charge is 0.338 e. The molecule has 0 fully saturated rings. The molecule has 0 unspecified atom stereocenters. The van der Waals surface area contributed by atoms with Crippen LogP contribution >= 0.6 is 11.6 Å². The van der Waals surface area contributed by atoms with Crippen LogP contribution in [0.2, 0.25) is 5.02 Å². The molecule has 22 heavy (non-hydrogen) atoms. The van der Waals surface area contributed by atoms with Gasteiger partial charge in [0.25, 0.3) is 5.91 Å². The maximum absolute atomic E-state index is 11.8. The van der Waals surface area contributed by atoms with Crippen molar-refractivity contribution < 1.29 is 14.3 Å². The first kappa shape index (κ1) is 15.9. The summed E-state index contributed by atoms with van der Waals surface area (Å²) >= 11 is 5.87. The van der Waals surface area contributed by atoms with Gasteiger partial charge in [-0.05, 0) is 48.9 Å². The highest BCUT2D eigenvalue weighted by molar-refractivity contribution is 6.31. The van der Waals surface area contributed by atoms with Crippen LogP contribution in [0.5, 0.6) is 0 Å². The van der Waals surface area contributed by atoms with Gasteiger partial charge in [0.05, 0.1) is 5.56 Å². The third-order valence-electron chi connectivity index (χ3n) is 2.95. The molecule has 0 atom stereocenters. The molecule has 0 aromatic heterocycles. The molecule has 114 valence electrons. The largest absolute Gasteiger partial charge is 0.452 e.